The summed E-state index contributed by atoms with van der Waals surface area (Å²) in [5.74, 6) is 1.09. The van der Waals surface area contributed by atoms with E-state index in [1.807, 2.05) is 0 Å². The maximum atomic E-state index is 6.07. The fourth-order valence-electron chi connectivity index (χ4n) is 2.56. The molecule has 19 heavy (non-hydrogen) atoms. The summed E-state index contributed by atoms with van der Waals surface area (Å²) >= 11 is 0. The van der Waals surface area contributed by atoms with Crippen LogP contribution in [-0.4, -0.2) is 10.2 Å². The minimum atomic E-state index is 0.487. The number of benzene rings is 1. The van der Waals surface area contributed by atoms with Gasteiger partial charge in [-0.1, -0.05) is 32.0 Å². The summed E-state index contributed by atoms with van der Waals surface area (Å²) in [6.45, 7) is 8.66. The molecule has 102 valence electrons. The summed E-state index contributed by atoms with van der Waals surface area (Å²) in [7, 11) is 0. The Bertz CT molecular complexity index is 565. The Labute approximate surface area is 115 Å². The molecular formula is C16H23N3. The maximum absolute atomic E-state index is 6.07. The lowest BCUT2D eigenvalue weighted by molar-refractivity contribution is 0.622. The molecule has 0 aliphatic carbocycles. The second-order valence-corrected chi connectivity index (χ2v) is 5.21. The number of aromatic nitrogens is 2. The predicted octanol–water partition coefficient (Wildman–Crippen LogP) is 4.18. The first-order valence-corrected chi connectivity index (χ1v) is 6.99. The average molecular weight is 257 g/mol. The number of hydrogen-bond acceptors (Lipinski definition) is 2. The number of H-pyrrole nitrogens is 1. The lowest BCUT2D eigenvalue weighted by atomic mass is 9.92. The summed E-state index contributed by atoms with van der Waals surface area (Å²) < 4.78 is 0. The van der Waals surface area contributed by atoms with Crippen molar-refractivity contribution in [2.24, 2.45) is 0 Å². The topological polar surface area (TPSA) is 54.7 Å². The Kier molecular flexibility index (Phi) is 3.93. The number of hydrogen-bond donors (Lipinski definition) is 2. The highest BCUT2D eigenvalue weighted by atomic mass is 15.2. The van der Waals surface area contributed by atoms with Gasteiger partial charge in [-0.2, -0.15) is 5.10 Å². The van der Waals surface area contributed by atoms with E-state index in [0.29, 0.717) is 11.7 Å². The molecular weight excluding hydrogens is 234 g/mol. The zero-order chi connectivity index (χ0) is 14.0. The minimum Gasteiger partial charge on any atom is -0.382 e. The zero-order valence-electron chi connectivity index (χ0n) is 12.2. The molecule has 1 aromatic heterocycles. The molecule has 2 aromatic rings. The molecule has 0 fully saturated rings. The lowest BCUT2D eigenvalue weighted by Gasteiger charge is -2.14. The second-order valence-electron chi connectivity index (χ2n) is 5.21. The van der Waals surface area contributed by atoms with Crippen LogP contribution in [0, 0.1) is 13.8 Å². The molecule has 2 rings (SSSR count). The quantitative estimate of drug-likeness (QED) is 0.863. The number of aromatic amines is 1. The Hall–Kier alpha value is -1.77. The van der Waals surface area contributed by atoms with E-state index < -0.39 is 0 Å². The fraction of sp³-hybridized carbons (Fsp3) is 0.438. The highest BCUT2D eigenvalue weighted by Gasteiger charge is 2.19. The van der Waals surface area contributed by atoms with Crippen molar-refractivity contribution in [2.45, 2.75) is 46.5 Å². The molecule has 0 saturated heterocycles. The van der Waals surface area contributed by atoms with Crippen LogP contribution in [0.15, 0.2) is 18.2 Å². The molecule has 3 nitrogen and oxygen atoms in total. The molecule has 1 aromatic carbocycles. The van der Waals surface area contributed by atoms with E-state index in [0.717, 1.165) is 24.0 Å². The van der Waals surface area contributed by atoms with E-state index in [1.54, 1.807) is 0 Å². The lowest BCUT2D eigenvalue weighted by Crippen LogP contribution is -1.99. The maximum Gasteiger partial charge on any atom is 0.153 e. The van der Waals surface area contributed by atoms with Crippen LogP contribution in [0.2, 0.25) is 0 Å². The average Bonchev–Trinajstić information content (AvgIpc) is 2.77. The van der Waals surface area contributed by atoms with Gasteiger partial charge in [-0.05, 0) is 43.4 Å². The summed E-state index contributed by atoms with van der Waals surface area (Å²) in [5, 5.41) is 7.35. The SMILES string of the molecule is CCC(CC)c1[nH]nc(N)c1-c1ccc(C)c(C)c1. The minimum absolute atomic E-state index is 0.487. The number of nitrogens with two attached hydrogens (primary N) is 1. The number of nitrogens with zero attached hydrogens (tertiary/aromatic N) is 1. The van der Waals surface area contributed by atoms with Crippen LogP contribution >= 0.6 is 0 Å². The summed E-state index contributed by atoms with van der Waals surface area (Å²) in [6.07, 6.45) is 2.19. The van der Waals surface area contributed by atoms with Crippen LogP contribution in [0.3, 0.4) is 0 Å². The van der Waals surface area contributed by atoms with E-state index in [1.165, 1.54) is 16.8 Å². The number of rotatable bonds is 4. The third kappa shape index (κ3) is 2.50. The van der Waals surface area contributed by atoms with Gasteiger partial charge in [-0.3, -0.25) is 5.10 Å². The first kappa shape index (κ1) is 13.7. The van der Waals surface area contributed by atoms with Crippen molar-refractivity contribution in [3.05, 3.63) is 35.0 Å². The first-order chi connectivity index (χ1) is 9.08. The normalized spacial score (nSPS) is 11.2. The summed E-state index contributed by atoms with van der Waals surface area (Å²) in [4.78, 5) is 0. The van der Waals surface area contributed by atoms with Crippen molar-refractivity contribution in [3.63, 3.8) is 0 Å². The van der Waals surface area contributed by atoms with E-state index in [2.05, 4.69) is 56.1 Å². The van der Waals surface area contributed by atoms with E-state index in [4.69, 9.17) is 5.73 Å². The standard InChI is InChI=1S/C16H23N3/c1-5-12(6-2)15-14(16(17)19-18-15)13-8-7-10(3)11(4)9-13/h7-9,12H,5-6H2,1-4H3,(H3,17,18,19). The van der Waals surface area contributed by atoms with Gasteiger partial charge in [-0.25, -0.2) is 0 Å². The summed E-state index contributed by atoms with van der Waals surface area (Å²) in [5.41, 5.74) is 12.1. The molecule has 0 atom stereocenters. The molecule has 3 heteroatoms. The first-order valence-electron chi connectivity index (χ1n) is 6.99. The van der Waals surface area contributed by atoms with Crippen LogP contribution in [0.4, 0.5) is 5.82 Å². The van der Waals surface area contributed by atoms with Gasteiger partial charge in [0.2, 0.25) is 0 Å². The van der Waals surface area contributed by atoms with Crippen LogP contribution in [0.1, 0.15) is 49.4 Å². The van der Waals surface area contributed by atoms with Gasteiger partial charge in [0.05, 0.1) is 0 Å². The van der Waals surface area contributed by atoms with E-state index in [-0.39, 0.29) is 0 Å². The number of nitrogens with one attached hydrogen (secondary N) is 1. The second kappa shape index (κ2) is 5.47. The van der Waals surface area contributed by atoms with Crippen molar-refractivity contribution in [3.8, 4) is 11.1 Å². The third-order valence-electron chi connectivity index (χ3n) is 4.01. The van der Waals surface area contributed by atoms with E-state index in [9.17, 15) is 0 Å². The Morgan fingerprint density at radius 2 is 1.84 bits per heavy atom. The van der Waals surface area contributed by atoms with Crippen molar-refractivity contribution in [1.29, 1.82) is 0 Å². The molecule has 0 amide bonds. The predicted molar refractivity (Wildman–Crippen MR) is 81.2 cm³/mol. The Morgan fingerprint density at radius 3 is 2.42 bits per heavy atom. The molecule has 0 aliphatic rings. The smallest absolute Gasteiger partial charge is 0.153 e. The summed E-state index contributed by atoms with van der Waals surface area (Å²) in [6, 6.07) is 6.48. The van der Waals surface area contributed by atoms with Gasteiger partial charge in [0.25, 0.3) is 0 Å². The zero-order valence-corrected chi connectivity index (χ0v) is 12.2. The van der Waals surface area contributed by atoms with Gasteiger partial charge < -0.3 is 5.73 Å². The molecule has 1 heterocycles. The molecule has 0 bridgehead atoms. The Balaban J connectivity index is 2.54. The molecule has 0 aliphatic heterocycles. The molecule has 0 spiro atoms. The van der Waals surface area contributed by atoms with Gasteiger partial charge in [0.1, 0.15) is 0 Å². The molecule has 0 radical (unpaired) electrons. The van der Waals surface area contributed by atoms with Crippen LogP contribution in [0.25, 0.3) is 11.1 Å². The van der Waals surface area contributed by atoms with Crippen molar-refractivity contribution in [2.75, 3.05) is 5.73 Å². The van der Waals surface area contributed by atoms with Crippen LogP contribution < -0.4 is 5.73 Å². The monoisotopic (exact) mass is 257 g/mol. The van der Waals surface area contributed by atoms with Crippen LogP contribution in [0.5, 0.6) is 0 Å². The van der Waals surface area contributed by atoms with Crippen LogP contribution in [-0.2, 0) is 0 Å². The molecule has 3 N–H and O–H groups in total. The third-order valence-corrected chi connectivity index (χ3v) is 4.01. The number of anilines is 1. The van der Waals surface area contributed by atoms with Gasteiger partial charge in [0, 0.05) is 17.2 Å². The molecule has 0 unspecified atom stereocenters. The Morgan fingerprint density at radius 1 is 1.16 bits per heavy atom. The molecule has 0 saturated carbocycles. The van der Waals surface area contributed by atoms with Gasteiger partial charge in [0.15, 0.2) is 5.82 Å². The largest absolute Gasteiger partial charge is 0.382 e. The number of aryl methyl sites for hydroxylation is 2. The highest BCUT2D eigenvalue weighted by Crippen LogP contribution is 2.35. The van der Waals surface area contributed by atoms with E-state index >= 15 is 0 Å². The van der Waals surface area contributed by atoms with Crippen molar-refractivity contribution in [1.82, 2.24) is 10.2 Å². The van der Waals surface area contributed by atoms with Gasteiger partial charge >= 0.3 is 0 Å². The fourth-order valence-corrected chi connectivity index (χ4v) is 2.56. The van der Waals surface area contributed by atoms with Gasteiger partial charge in [-0.15, -0.1) is 0 Å². The highest BCUT2D eigenvalue weighted by molar-refractivity contribution is 5.77. The number of nitrogen functional groups attached to an aromatic ring is 1. The van der Waals surface area contributed by atoms with Crippen molar-refractivity contribution < 1.29 is 0 Å². The van der Waals surface area contributed by atoms with Crippen molar-refractivity contribution >= 4 is 5.82 Å².